The molecule has 0 fully saturated rings. The van der Waals surface area contributed by atoms with E-state index in [1.807, 2.05) is 50.1 Å². The Hall–Kier alpha value is -2.77. The number of nitrogens with zero attached hydrogens (tertiary/aromatic N) is 2. The molecule has 0 radical (unpaired) electrons. The quantitative estimate of drug-likeness (QED) is 0.523. The van der Waals surface area contributed by atoms with Gasteiger partial charge in [-0.15, -0.1) is 0 Å². The number of hydrogen-bond acceptors (Lipinski definition) is 5. The zero-order chi connectivity index (χ0) is 22.3. The van der Waals surface area contributed by atoms with Crippen LogP contribution in [0.4, 0.5) is 5.69 Å². The summed E-state index contributed by atoms with van der Waals surface area (Å²) >= 11 is 0. The maximum absolute atomic E-state index is 12.8. The number of sulfonamides is 1. The summed E-state index contributed by atoms with van der Waals surface area (Å²) < 4.78 is 26.7. The average Bonchev–Trinajstić information content (AvgIpc) is 2.89. The summed E-state index contributed by atoms with van der Waals surface area (Å²) in [5.41, 5.74) is 3.06. The lowest BCUT2D eigenvalue weighted by Gasteiger charge is -2.24. The van der Waals surface area contributed by atoms with Crippen LogP contribution in [-0.2, 0) is 20.2 Å². The molecule has 1 aliphatic heterocycles. The molecule has 0 N–H and O–H groups in total. The second-order valence-electron chi connectivity index (χ2n) is 8.04. The Morgan fingerprint density at radius 3 is 2.23 bits per heavy atom. The third kappa shape index (κ3) is 3.82. The molecule has 1 heterocycles. The highest BCUT2D eigenvalue weighted by atomic mass is 32.2. The first-order chi connectivity index (χ1) is 14.0. The van der Waals surface area contributed by atoms with Gasteiger partial charge in [0.2, 0.25) is 10.0 Å². The van der Waals surface area contributed by atoms with Crippen molar-refractivity contribution < 1.29 is 18.0 Å². The van der Waals surface area contributed by atoms with Crippen LogP contribution < -0.4 is 4.90 Å². The van der Waals surface area contributed by atoms with Crippen molar-refractivity contribution in [1.29, 1.82) is 0 Å². The van der Waals surface area contributed by atoms with Gasteiger partial charge in [-0.2, -0.15) is 4.31 Å². The summed E-state index contributed by atoms with van der Waals surface area (Å²) in [6.07, 6.45) is 1.53. The Balaban J connectivity index is 1.81. The van der Waals surface area contributed by atoms with Gasteiger partial charge in [0.25, 0.3) is 0 Å². The zero-order valence-electron chi connectivity index (χ0n) is 17.8. The molecular formula is C23H26N2O4S. The Morgan fingerprint density at radius 2 is 1.67 bits per heavy atom. The van der Waals surface area contributed by atoms with Crippen molar-refractivity contribution >= 4 is 27.3 Å². The van der Waals surface area contributed by atoms with Crippen molar-refractivity contribution in [2.75, 3.05) is 25.5 Å². The SMILES string of the molecule is CC(=O)c1ccc(S(=O)(=O)N(C)CC(=O)/C=C2/N(C)c3ccccc3C2(C)C)cc1. The fourth-order valence-electron chi connectivity index (χ4n) is 3.80. The molecule has 0 saturated heterocycles. The topological polar surface area (TPSA) is 74.8 Å². The molecule has 1 aliphatic rings. The maximum atomic E-state index is 12.8. The number of ketones is 2. The maximum Gasteiger partial charge on any atom is 0.243 e. The molecule has 0 unspecified atom stereocenters. The second kappa shape index (κ2) is 7.81. The normalized spacial score (nSPS) is 16.7. The third-order valence-electron chi connectivity index (χ3n) is 5.59. The Bertz CT molecular complexity index is 1130. The number of benzene rings is 2. The predicted octanol–water partition coefficient (Wildman–Crippen LogP) is 3.39. The van der Waals surface area contributed by atoms with Crippen LogP contribution in [0.3, 0.4) is 0 Å². The molecule has 30 heavy (non-hydrogen) atoms. The van der Waals surface area contributed by atoms with Crippen LogP contribution in [0.1, 0.15) is 36.7 Å². The Morgan fingerprint density at radius 1 is 1.07 bits per heavy atom. The summed E-state index contributed by atoms with van der Waals surface area (Å²) in [5.74, 6) is -0.442. The Kier molecular flexibility index (Phi) is 5.71. The fraction of sp³-hybridized carbons (Fsp3) is 0.304. The molecule has 2 aromatic rings. The molecule has 6 nitrogen and oxygen atoms in total. The number of rotatable bonds is 6. The number of Topliss-reactive ketones (excluding diaryl/α,β-unsaturated/α-hetero) is 1. The first-order valence-electron chi connectivity index (χ1n) is 9.62. The van der Waals surface area contributed by atoms with E-state index in [0.29, 0.717) is 5.56 Å². The predicted molar refractivity (Wildman–Crippen MR) is 117 cm³/mol. The molecule has 7 heteroatoms. The van der Waals surface area contributed by atoms with Crippen LogP contribution in [0.15, 0.2) is 65.2 Å². The number of hydrogen-bond donors (Lipinski definition) is 0. The highest BCUT2D eigenvalue weighted by molar-refractivity contribution is 7.89. The molecule has 0 atom stereocenters. The van der Waals surface area contributed by atoms with E-state index in [1.165, 1.54) is 44.3 Å². The van der Waals surface area contributed by atoms with Crippen LogP contribution in [0.2, 0.25) is 0 Å². The van der Waals surface area contributed by atoms with Crippen LogP contribution in [0.25, 0.3) is 0 Å². The standard InChI is InChI=1S/C23H26N2O4S/c1-16(26)17-10-12-19(13-11-17)30(28,29)24(4)15-18(27)14-22-23(2,3)20-8-6-7-9-21(20)25(22)5/h6-14H,15H2,1-5H3/b22-14+. The Labute approximate surface area is 177 Å². The molecule has 0 spiro atoms. The second-order valence-corrected chi connectivity index (χ2v) is 10.1. The number of anilines is 1. The first kappa shape index (κ1) is 21.9. The summed E-state index contributed by atoms with van der Waals surface area (Å²) in [6.45, 7) is 5.24. The summed E-state index contributed by atoms with van der Waals surface area (Å²) in [6, 6.07) is 13.7. The van der Waals surface area contributed by atoms with E-state index < -0.39 is 10.0 Å². The number of fused-ring (bicyclic) bond motifs is 1. The van der Waals surface area contributed by atoms with Gasteiger partial charge < -0.3 is 4.90 Å². The molecule has 0 bridgehead atoms. The van der Waals surface area contributed by atoms with Crippen molar-refractivity contribution in [3.8, 4) is 0 Å². The van der Waals surface area contributed by atoms with E-state index in [1.54, 1.807) is 0 Å². The van der Waals surface area contributed by atoms with E-state index in [4.69, 9.17) is 0 Å². The number of carbonyl (C=O) groups excluding carboxylic acids is 2. The summed E-state index contributed by atoms with van der Waals surface area (Å²) in [4.78, 5) is 26.2. The molecule has 2 aromatic carbocycles. The lowest BCUT2D eigenvalue weighted by atomic mass is 9.83. The van der Waals surface area contributed by atoms with E-state index >= 15 is 0 Å². The van der Waals surface area contributed by atoms with Crippen LogP contribution in [0.5, 0.6) is 0 Å². The lowest BCUT2D eigenvalue weighted by molar-refractivity contribution is -0.114. The van der Waals surface area contributed by atoms with Crippen molar-refractivity contribution in [2.45, 2.75) is 31.1 Å². The summed E-state index contributed by atoms with van der Waals surface area (Å²) in [7, 11) is -0.563. The largest absolute Gasteiger partial charge is 0.347 e. The van der Waals surface area contributed by atoms with E-state index in [9.17, 15) is 18.0 Å². The van der Waals surface area contributed by atoms with Gasteiger partial charge in [0.05, 0.1) is 11.4 Å². The molecule has 3 rings (SSSR count). The van der Waals surface area contributed by atoms with Gasteiger partial charge >= 0.3 is 0 Å². The molecular weight excluding hydrogens is 400 g/mol. The molecule has 158 valence electrons. The van der Waals surface area contributed by atoms with Gasteiger partial charge in [-0.25, -0.2) is 8.42 Å². The van der Waals surface area contributed by atoms with E-state index in [0.717, 1.165) is 21.3 Å². The van der Waals surface area contributed by atoms with Crippen LogP contribution in [-0.4, -0.2) is 44.9 Å². The average molecular weight is 427 g/mol. The van der Waals surface area contributed by atoms with Gasteiger partial charge in [-0.1, -0.05) is 44.2 Å². The van der Waals surface area contributed by atoms with Gasteiger partial charge in [0.1, 0.15) is 0 Å². The van der Waals surface area contributed by atoms with Crippen LogP contribution in [0, 0.1) is 0 Å². The summed E-state index contributed by atoms with van der Waals surface area (Å²) in [5, 5.41) is 0. The van der Waals surface area contributed by atoms with Crippen molar-refractivity contribution in [1.82, 2.24) is 4.31 Å². The van der Waals surface area contributed by atoms with Gasteiger partial charge in [0.15, 0.2) is 11.6 Å². The molecule has 0 amide bonds. The minimum atomic E-state index is -3.85. The van der Waals surface area contributed by atoms with Gasteiger partial charge in [-0.05, 0) is 30.7 Å². The van der Waals surface area contributed by atoms with Crippen molar-refractivity contribution in [2.24, 2.45) is 0 Å². The van der Waals surface area contributed by atoms with Gasteiger partial charge in [-0.3, -0.25) is 9.59 Å². The van der Waals surface area contributed by atoms with E-state index in [-0.39, 0.29) is 28.4 Å². The fourth-order valence-corrected chi connectivity index (χ4v) is 4.94. The third-order valence-corrected chi connectivity index (χ3v) is 7.40. The smallest absolute Gasteiger partial charge is 0.243 e. The molecule has 0 aromatic heterocycles. The zero-order valence-corrected chi connectivity index (χ0v) is 18.7. The monoisotopic (exact) mass is 426 g/mol. The first-order valence-corrected chi connectivity index (χ1v) is 11.1. The number of para-hydroxylation sites is 1. The highest BCUT2D eigenvalue weighted by Crippen LogP contribution is 2.46. The molecule has 0 aliphatic carbocycles. The minimum absolute atomic E-state index is 0.0428. The molecule has 0 saturated carbocycles. The van der Waals surface area contributed by atoms with Gasteiger partial charge in [0, 0.05) is 42.5 Å². The number of carbonyl (C=O) groups is 2. The van der Waals surface area contributed by atoms with E-state index in [2.05, 4.69) is 0 Å². The lowest BCUT2D eigenvalue weighted by Crippen LogP contribution is -2.33. The number of allylic oxidation sites excluding steroid dienone is 1. The van der Waals surface area contributed by atoms with Crippen molar-refractivity contribution in [3.05, 3.63) is 71.4 Å². The highest BCUT2D eigenvalue weighted by Gasteiger charge is 2.38. The number of likely N-dealkylation sites (N-methyl/N-ethyl adjacent to an activating group) is 2. The minimum Gasteiger partial charge on any atom is -0.347 e. The van der Waals surface area contributed by atoms with Crippen molar-refractivity contribution in [3.63, 3.8) is 0 Å². The van der Waals surface area contributed by atoms with Crippen LogP contribution >= 0.6 is 0 Å².